The van der Waals surface area contributed by atoms with Gasteiger partial charge in [0.25, 0.3) is 0 Å². The fourth-order valence-electron chi connectivity index (χ4n) is 3.16. The van der Waals surface area contributed by atoms with E-state index < -0.39 is 5.79 Å². The lowest BCUT2D eigenvalue weighted by Gasteiger charge is -2.19. The molecule has 2 aliphatic heterocycles. The minimum atomic E-state index is -0.551. The number of rotatable bonds is 3. The van der Waals surface area contributed by atoms with Gasteiger partial charge in [-0.15, -0.1) is 0 Å². The van der Waals surface area contributed by atoms with Crippen molar-refractivity contribution in [2.45, 2.75) is 51.9 Å². The molecule has 4 heteroatoms. The molecule has 2 aliphatic rings. The Morgan fingerprint density at radius 2 is 2.00 bits per heavy atom. The molecular formula is C17H26N2O2. The molecule has 1 N–H and O–H groups in total. The van der Waals surface area contributed by atoms with E-state index in [1.165, 1.54) is 32.4 Å². The summed E-state index contributed by atoms with van der Waals surface area (Å²) in [5, 5.41) is 3.66. The van der Waals surface area contributed by atoms with Crippen molar-refractivity contribution in [3.05, 3.63) is 18.2 Å². The monoisotopic (exact) mass is 290 g/mol. The van der Waals surface area contributed by atoms with Gasteiger partial charge in [-0.05, 0) is 44.5 Å². The second-order valence-corrected chi connectivity index (χ2v) is 6.47. The van der Waals surface area contributed by atoms with Gasteiger partial charge in [0, 0.05) is 38.2 Å². The highest BCUT2D eigenvalue weighted by Crippen LogP contribution is 2.40. The number of anilines is 1. The van der Waals surface area contributed by atoms with Gasteiger partial charge in [0.1, 0.15) is 0 Å². The Labute approximate surface area is 127 Å². The van der Waals surface area contributed by atoms with Crippen LogP contribution < -0.4 is 14.8 Å². The van der Waals surface area contributed by atoms with E-state index in [0.717, 1.165) is 23.7 Å². The highest BCUT2D eigenvalue weighted by molar-refractivity contribution is 5.56. The molecule has 3 rings (SSSR count). The number of benzene rings is 1. The second kappa shape index (κ2) is 5.76. The summed E-state index contributed by atoms with van der Waals surface area (Å²) in [6.07, 6.45) is 3.70. The Balaban J connectivity index is 1.64. The SMILES string of the molecule is CCN1CCCC(Nc2ccc3c(c2)OC(C)(C)O3)CC1. The molecule has 21 heavy (non-hydrogen) atoms. The van der Waals surface area contributed by atoms with E-state index in [2.05, 4.69) is 29.3 Å². The summed E-state index contributed by atoms with van der Waals surface area (Å²) < 4.78 is 11.5. The van der Waals surface area contributed by atoms with E-state index in [0.29, 0.717) is 6.04 Å². The average molecular weight is 290 g/mol. The van der Waals surface area contributed by atoms with Gasteiger partial charge in [0.2, 0.25) is 5.79 Å². The molecule has 0 saturated carbocycles. The lowest BCUT2D eigenvalue weighted by atomic mass is 10.1. The van der Waals surface area contributed by atoms with Crippen LogP contribution in [-0.2, 0) is 0 Å². The molecule has 4 nitrogen and oxygen atoms in total. The van der Waals surface area contributed by atoms with E-state index in [1.54, 1.807) is 0 Å². The van der Waals surface area contributed by atoms with Crippen LogP contribution in [0, 0.1) is 0 Å². The normalized spacial score (nSPS) is 24.6. The van der Waals surface area contributed by atoms with Crippen molar-refractivity contribution in [2.24, 2.45) is 0 Å². The number of fused-ring (bicyclic) bond motifs is 1. The summed E-state index contributed by atoms with van der Waals surface area (Å²) >= 11 is 0. The second-order valence-electron chi connectivity index (χ2n) is 6.47. The molecule has 0 radical (unpaired) electrons. The molecule has 1 aromatic rings. The summed E-state index contributed by atoms with van der Waals surface area (Å²) in [6, 6.07) is 6.70. The fourth-order valence-corrected chi connectivity index (χ4v) is 3.16. The Kier molecular flexibility index (Phi) is 3.98. The maximum absolute atomic E-state index is 5.81. The number of ether oxygens (including phenoxy) is 2. The van der Waals surface area contributed by atoms with Crippen LogP contribution in [0.25, 0.3) is 0 Å². The molecule has 0 aromatic heterocycles. The lowest BCUT2D eigenvalue weighted by molar-refractivity contribution is -0.0431. The van der Waals surface area contributed by atoms with Crippen LogP contribution >= 0.6 is 0 Å². The fraction of sp³-hybridized carbons (Fsp3) is 0.647. The first-order valence-corrected chi connectivity index (χ1v) is 8.07. The van der Waals surface area contributed by atoms with Gasteiger partial charge in [0.15, 0.2) is 11.5 Å². The summed E-state index contributed by atoms with van der Waals surface area (Å²) in [7, 11) is 0. The number of hydrogen-bond donors (Lipinski definition) is 1. The maximum Gasteiger partial charge on any atom is 0.246 e. The molecule has 0 spiro atoms. The summed E-state index contributed by atoms with van der Waals surface area (Å²) in [5.41, 5.74) is 1.13. The van der Waals surface area contributed by atoms with Gasteiger partial charge >= 0.3 is 0 Å². The molecule has 116 valence electrons. The summed E-state index contributed by atoms with van der Waals surface area (Å²) in [6.45, 7) is 9.68. The van der Waals surface area contributed by atoms with E-state index in [4.69, 9.17) is 9.47 Å². The first kappa shape index (κ1) is 14.5. The minimum absolute atomic E-state index is 0.551. The molecule has 1 unspecified atom stereocenters. The van der Waals surface area contributed by atoms with E-state index in [9.17, 15) is 0 Å². The number of nitrogens with zero attached hydrogens (tertiary/aromatic N) is 1. The molecule has 1 aromatic carbocycles. The van der Waals surface area contributed by atoms with Crippen LogP contribution in [0.2, 0.25) is 0 Å². The highest BCUT2D eigenvalue weighted by atomic mass is 16.7. The predicted molar refractivity (Wildman–Crippen MR) is 85.2 cm³/mol. The highest BCUT2D eigenvalue weighted by Gasteiger charge is 2.31. The molecule has 0 bridgehead atoms. The minimum Gasteiger partial charge on any atom is -0.449 e. The van der Waals surface area contributed by atoms with Crippen molar-refractivity contribution < 1.29 is 9.47 Å². The first-order chi connectivity index (χ1) is 10.1. The van der Waals surface area contributed by atoms with Gasteiger partial charge in [0.05, 0.1) is 0 Å². The third kappa shape index (κ3) is 3.43. The number of nitrogens with one attached hydrogen (secondary N) is 1. The molecule has 2 heterocycles. The third-order valence-electron chi connectivity index (χ3n) is 4.29. The van der Waals surface area contributed by atoms with Gasteiger partial charge in [-0.2, -0.15) is 0 Å². The molecule has 0 amide bonds. The molecule has 0 aliphatic carbocycles. The molecular weight excluding hydrogens is 264 g/mol. The van der Waals surface area contributed by atoms with E-state index in [-0.39, 0.29) is 0 Å². The van der Waals surface area contributed by atoms with E-state index >= 15 is 0 Å². The van der Waals surface area contributed by atoms with Crippen LogP contribution in [0.1, 0.15) is 40.0 Å². The van der Waals surface area contributed by atoms with Crippen LogP contribution in [0.4, 0.5) is 5.69 Å². The topological polar surface area (TPSA) is 33.7 Å². The Morgan fingerprint density at radius 3 is 2.81 bits per heavy atom. The Morgan fingerprint density at radius 1 is 1.19 bits per heavy atom. The zero-order chi connectivity index (χ0) is 14.9. The third-order valence-corrected chi connectivity index (χ3v) is 4.29. The van der Waals surface area contributed by atoms with Crippen molar-refractivity contribution in [3.63, 3.8) is 0 Å². The van der Waals surface area contributed by atoms with Crippen molar-refractivity contribution >= 4 is 5.69 Å². The largest absolute Gasteiger partial charge is 0.449 e. The van der Waals surface area contributed by atoms with Gasteiger partial charge in [-0.25, -0.2) is 0 Å². The van der Waals surface area contributed by atoms with Gasteiger partial charge in [-0.1, -0.05) is 6.92 Å². The van der Waals surface area contributed by atoms with Crippen molar-refractivity contribution in [1.29, 1.82) is 0 Å². The van der Waals surface area contributed by atoms with Crippen LogP contribution in [0.5, 0.6) is 11.5 Å². The predicted octanol–water partition coefficient (Wildman–Crippen LogP) is 3.48. The molecule has 1 atom stereocenters. The van der Waals surface area contributed by atoms with Gasteiger partial charge < -0.3 is 19.7 Å². The lowest BCUT2D eigenvalue weighted by Crippen LogP contribution is -2.29. The Bertz CT molecular complexity index is 502. The first-order valence-electron chi connectivity index (χ1n) is 8.07. The Hall–Kier alpha value is -1.42. The standard InChI is InChI=1S/C17H26N2O2/c1-4-19-10-5-6-13(9-11-19)18-14-7-8-15-16(12-14)21-17(2,3)20-15/h7-8,12-13,18H,4-6,9-11H2,1-3H3. The number of likely N-dealkylation sites (tertiary alicyclic amines) is 1. The van der Waals surface area contributed by atoms with Crippen LogP contribution in [0.15, 0.2) is 18.2 Å². The van der Waals surface area contributed by atoms with Crippen molar-refractivity contribution in [3.8, 4) is 11.5 Å². The zero-order valence-corrected chi connectivity index (χ0v) is 13.3. The molecule has 1 saturated heterocycles. The van der Waals surface area contributed by atoms with Crippen LogP contribution in [-0.4, -0.2) is 36.4 Å². The average Bonchev–Trinajstić information content (AvgIpc) is 2.60. The maximum atomic E-state index is 5.81. The smallest absolute Gasteiger partial charge is 0.246 e. The quantitative estimate of drug-likeness (QED) is 0.924. The van der Waals surface area contributed by atoms with Crippen LogP contribution in [0.3, 0.4) is 0 Å². The van der Waals surface area contributed by atoms with E-state index in [1.807, 2.05) is 19.9 Å². The number of hydrogen-bond acceptors (Lipinski definition) is 4. The van der Waals surface area contributed by atoms with Crippen molar-refractivity contribution in [1.82, 2.24) is 4.90 Å². The summed E-state index contributed by atoms with van der Waals surface area (Å²) in [5.74, 6) is 1.13. The summed E-state index contributed by atoms with van der Waals surface area (Å²) in [4.78, 5) is 2.53. The molecule has 1 fully saturated rings. The van der Waals surface area contributed by atoms with Crippen molar-refractivity contribution in [2.75, 3.05) is 25.0 Å². The van der Waals surface area contributed by atoms with Gasteiger partial charge in [-0.3, -0.25) is 0 Å². The zero-order valence-electron chi connectivity index (χ0n) is 13.3.